The summed E-state index contributed by atoms with van der Waals surface area (Å²) in [6.45, 7) is 5.73. The minimum atomic E-state index is -0.0845. The molecule has 0 unspecified atom stereocenters. The molecule has 0 aliphatic rings. The number of hydrogen-bond acceptors (Lipinski definition) is 3. The third-order valence-electron chi connectivity index (χ3n) is 2.89. The topological polar surface area (TPSA) is 45.0 Å². The van der Waals surface area contributed by atoms with Crippen molar-refractivity contribution in [3.8, 4) is 11.8 Å². The molecule has 0 aliphatic carbocycles. The van der Waals surface area contributed by atoms with Crippen molar-refractivity contribution in [2.45, 2.75) is 25.7 Å². The third-order valence-corrected chi connectivity index (χ3v) is 3.20. The first-order valence-corrected chi connectivity index (χ1v) is 6.31. The second-order valence-electron chi connectivity index (χ2n) is 4.81. The Kier molecular flexibility index (Phi) is 5.46. The Bertz CT molecular complexity index is 438. The average molecular weight is 267 g/mol. The van der Waals surface area contributed by atoms with E-state index in [9.17, 15) is 0 Å². The van der Waals surface area contributed by atoms with E-state index in [0.717, 1.165) is 17.9 Å². The summed E-state index contributed by atoms with van der Waals surface area (Å²) in [5, 5.41) is 12.5. The van der Waals surface area contributed by atoms with Gasteiger partial charge in [0.05, 0.1) is 13.2 Å². The molecule has 4 heteroatoms. The van der Waals surface area contributed by atoms with E-state index >= 15 is 0 Å². The molecule has 3 nitrogen and oxygen atoms in total. The lowest BCUT2D eigenvalue weighted by Crippen LogP contribution is -2.33. The molecule has 0 amide bonds. The van der Waals surface area contributed by atoms with Crippen LogP contribution in [0.4, 0.5) is 0 Å². The van der Waals surface area contributed by atoms with Gasteiger partial charge in [-0.25, -0.2) is 0 Å². The van der Waals surface area contributed by atoms with E-state index in [1.807, 2.05) is 18.2 Å². The minimum absolute atomic E-state index is 0.0845. The van der Waals surface area contributed by atoms with Crippen molar-refractivity contribution in [3.05, 3.63) is 28.8 Å². The number of rotatable bonds is 6. The van der Waals surface area contributed by atoms with Gasteiger partial charge in [-0.15, -0.1) is 0 Å². The highest BCUT2D eigenvalue weighted by atomic mass is 35.5. The van der Waals surface area contributed by atoms with Gasteiger partial charge in [0.1, 0.15) is 5.75 Å². The standard InChI is InChI=1S/C14H19ClN2O/c1-14(2,10-17-8-4-7-16)12-6-5-11(18-3)9-13(12)15/h5-6,9,17H,4,8,10H2,1-3H3. The molecule has 1 aromatic carbocycles. The maximum absolute atomic E-state index is 8.49. The van der Waals surface area contributed by atoms with E-state index in [1.54, 1.807) is 7.11 Å². The number of ether oxygens (including phenoxy) is 1. The molecule has 18 heavy (non-hydrogen) atoms. The van der Waals surface area contributed by atoms with Crippen molar-refractivity contribution in [1.82, 2.24) is 5.32 Å². The molecule has 0 fully saturated rings. The smallest absolute Gasteiger partial charge is 0.120 e. The van der Waals surface area contributed by atoms with Crippen molar-refractivity contribution in [2.24, 2.45) is 0 Å². The lowest BCUT2D eigenvalue weighted by molar-refractivity contribution is 0.413. The number of hydrogen-bond donors (Lipinski definition) is 1. The van der Waals surface area contributed by atoms with E-state index in [0.29, 0.717) is 18.0 Å². The summed E-state index contributed by atoms with van der Waals surface area (Å²) >= 11 is 6.27. The number of benzene rings is 1. The third kappa shape index (κ3) is 3.90. The van der Waals surface area contributed by atoms with Gasteiger partial charge >= 0.3 is 0 Å². The summed E-state index contributed by atoms with van der Waals surface area (Å²) in [4.78, 5) is 0. The molecule has 98 valence electrons. The van der Waals surface area contributed by atoms with Crippen molar-refractivity contribution in [2.75, 3.05) is 20.2 Å². The van der Waals surface area contributed by atoms with Crippen molar-refractivity contribution >= 4 is 11.6 Å². The van der Waals surface area contributed by atoms with Crippen molar-refractivity contribution in [1.29, 1.82) is 5.26 Å². The van der Waals surface area contributed by atoms with Gasteiger partial charge in [0.15, 0.2) is 0 Å². The van der Waals surface area contributed by atoms with Crippen LogP contribution in [0.15, 0.2) is 18.2 Å². The molecule has 0 atom stereocenters. The van der Waals surface area contributed by atoms with E-state index in [-0.39, 0.29) is 5.41 Å². The minimum Gasteiger partial charge on any atom is -0.497 e. The maximum atomic E-state index is 8.49. The average Bonchev–Trinajstić information content (AvgIpc) is 2.34. The van der Waals surface area contributed by atoms with Gasteiger partial charge in [0.2, 0.25) is 0 Å². The lowest BCUT2D eigenvalue weighted by atomic mass is 9.84. The van der Waals surface area contributed by atoms with Crippen LogP contribution in [0.1, 0.15) is 25.8 Å². The zero-order valence-corrected chi connectivity index (χ0v) is 11.8. The van der Waals surface area contributed by atoms with Gasteiger partial charge in [-0.1, -0.05) is 31.5 Å². The van der Waals surface area contributed by atoms with Crippen LogP contribution in [0.25, 0.3) is 0 Å². The van der Waals surface area contributed by atoms with Gasteiger partial charge in [-0.2, -0.15) is 5.26 Å². The molecular weight excluding hydrogens is 248 g/mol. The van der Waals surface area contributed by atoms with E-state index in [2.05, 4.69) is 25.2 Å². The zero-order chi connectivity index (χ0) is 13.6. The van der Waals surface area contributed by atoms with E-state index in [4.69, 9.17) is 21.6 Å². The normalized spacial score (nSPS) is 11.1. The second-order valence-corrected chi connectivity index (χ2v) is 5.22. The van der Waals surface area contributed by atoms with E-state index < -0.39 is 0 Å². The Hall–Kier alpha value is -1.24. The van der Waals surface area contributed by atoms with Crippen LogP contribution >= 0.6 is 11.6 Å². The predicted molar refractivity (Wildman–Crippen MR) is 74.1 cm³/mol. The number of nitrogens with one attached hydrogen (secondary N) is 1. The Morgan fingerprint density at radius 3 is 2.72 bits per heavy atom. The fourth-order valence-electron chi connectivity index (χ4n) is 1.81. The molecule has 0 saturated heterocycles. The van der Waals surface area contributed by atoms with Gasteiger partial charge < -0.3 is 10.1 Å². The fraction of sp³-hybridized carbons (Fsp3) is 0.500. The van der Waals surface area contributed by atoms with Crippen LogP contribution in [0, 0.1) is 11.3 Å². The number of nitrogens with zero attached hydrogens (tertiary/aromatic N) is 1. The summed E-state index contributed by atoms with van der Waals surface area (Å²) in [5.41, 5.74) is 0.994. The molecule has 1 rings (SSSR count). The SMILES string of the molecule is COc1ccc(C(C)(C)CNCCC#N)c(Cl)c1. The van der Waals surface area contributed by atoms with E-state index in [1.165, 1.54) is 0 Å². The van der Waals surface area contributed by atoms with Crippen LogP contribution in [-0.4, -0.2) is 20.2 Å². The van der Waals surface area contributed by atoms with Crippen LogP contribution < -0.4 is 10.1 Å². The lowest BCUT2D eigenvalue weighted by Gasteiger charge is -2.27. The van der Waals surface area contributed by atoms with Crippen molar-refractivity contribution in [3.63, 3.8) is 0 Å². The van der Waals surface area contributed by atoms with Crippen LogP contribution in [0.5, 0.6) is 5.75 Å². The molecule has 0 heterocycles. The quantitative estimate of drug-likeness (QED) is 0.805. The van der Waals surface area contributed by atoms with Crippen LogP contribution in [0.2, 0.25) is 5.02 Å². The number of halogens is 1. The molecule has 0 aromatic heterocycles. The van der Waals surface area contributed by atoms with Crippen molar-refractivity contribution < 1.29 is 4.74 Å². The van der Waals surface area contributed by atoms with Gasteiger partial charge in [-0.3, -0.25) is 0 Å². The van der Waals surface area contributed by atoms with Gasteiger partial charge in [0, 0.05) is 29.9 Å². The molecular formula is C14H19ClN2O. The molecule has 0 bridgehead atoms. The second kappa shape index (κ2) is 6.63. The monoisotopic (exact) mass is 266 g/mol. The summed E-state index contributed by atoms with van der Waals surface area (Å²) in [6.07, 6.45) is 0.520. The summed E-state index contributed by atoms with van der Waals surface area (Å²) < 4.78 is 5.14. The molecule has 1 N–H and O–H groups in total. The summed E-state index contributed by atoms with van der Waals surface area (Å²) in [7, 11) is 1.62. The largest absolute Gasteiger partial charge is 0.497 e. The first-order chi connectivity index (χ1) is 8.51. The molecule has 0 spiro atoms. The Morgan fingerprint density at radius 1 is 1.44 bits per heavy atom. The zero-order valence-electron chi connectivity index (χ0n) is 11.1. The highest BCUT2D eigenvalue weighted by Crippen LogP contribution is 2.32. The fourth-order valence-corrected chi connectivity index (χ4v) is 2.24. The summed E-state index contributed by atoms with van der Waals surface area (Å²) in [5.74, 6) is 0.761. The first-order valence-electron chi connectivity index (χ1n) is 5.93. The van der Waals surface area contributed by atoms with Gasteiger partial charge in [0.25, 0.3) is 0 Å². The van der Waals surface area contributed by atoms with Gasteiger partial charge in [-0.05, 0) is 17.7 Å². The Morgan fingerprint density at radius 2 is 2.17 bits per heavy atom. The number of nitriles is 1. The highest BCUT2D eigenvalue weighted by molar-refractivity contribution is 6.31. The maximum Gasteiger partial charge on any atom is 0.120 e. The predicted octanol–water partition coefficient (Wildman–Crippen LogP) is 3.13. The summed E-state index contributed by atoms with van der Waals surface area (Å²) in [6, 6.07) is 7.85. The molecule has 0 aliphatic heterocycles. The highest BCUT2D eigenvalue weighted by Gasteiger charge is 2.23. The molecule has 1 aromatic rings. The molecule has 0 saturated carbocycles. The number of methoxy groups -OCH3 is 1. The molecule has 0 radical (unpaired) electrons. The Balaban J connectivity index is 2.75. The Labute approximate surface area is 114 Å². The first kappa shape index (κ1) is 14.8. The van der Waals surface area contributed by atoms with Crippen LogP contribution in [0.3, 0.4) is 0 Å². The van der Waals surface area contributed by atoms with Crippen LogP contribution in [-0.2, 0) is 5.41 Å².